The van der Waals surface area contributed by atoms with Crippen molar-refractivity contribution in [3.05, 3.63) is 95.6 Å². The predicted octanol–water partition coefficient (Wildman–Crippen LogP) is 3.88. The molecule has 0 saturated carbocycles. The van der Waals surface area contributed by atoms with E-state index in [2.05, 4.69) is 17.4 Å². The predicted molar refractivity (Wildman–Crippen MR) is 127 cm³/mol. The van der Waals surface area contributed by atoms with Crippen molar-refractivity contribution in [2.75, 3.05) is 23.3 Å². The summed E-state index contributed by atoms with van der Waals surface area (Å²) < 4.78 is 0. The molecular formula is C27H25N3O3. The summed E-state index contributed by atoms with van der Waals surface area (Å²) in [4.78, 5) is 41.6. The van der Waals surface area contributed by atoms with Crippen LogP contribution in [0.5, 0.6) is 0 Å². The van der Waals surface area contributed by atoms with Crippen molar-refractivity contribution in [2.24, 2.45) is 5.92 Å². The van der Waals surface area contributed by atoms with Crippen LogP contribution in [0.1, 0.15) is 27.9 Å². The van der Waals surface area contributed by atoms with Gasteiger partial charge in [0.25, 0.3) is 5.91 Å². The molecule has 1 N–H and O–H groups in total. The van der Waals surface area contributed by atoms with Crippen LogP contribution in [0.15, 0.2) is 78.9 Å². The van der Waals surface area contributed by atoms with Crippen LogP contribution in [0, 0.1) is 5.92 Å². The molecule has 2 aliphatic heterocycles. The molecule has 1 atom stereocenters. The highest BCUT2D eigenvalue weighted by Crippen LogP contribution is 2.26. The van der Waals surface area contributed by atoms with Crippen LogP contribution in [0.3, 0.4) is 0 Å². The second kappa shape index (κ2) is 8.90. The van der Waals surface area contributed by atoms with E-state index in [1.807, 2.05) is 47.4 Å². The number of amides is 3. The molecule has 3 aromatic rings. The van der Waals surface area contributed by atoms with Gasteiger partial charge in [-0.3, -0.25) is 14.4 Å². The second-order valence-corrected chi connectivity index (χ2v) is 8.55. The zero-order valence-electron chi connectivity index (χ0n) is 18.2. The first-order chi connectivity index (χ1) is 16.1. The Bertz CT molecular complexity index is 1190. The summed E-state index contributed by atoms with van der Waals surface area (Å²) in [6.07, 6.45) is 1.05. The van der Waals surface area contributed by atoms with Gasteiger partial charge in [-0.25, -0.2) is 0 Å². The van der Waals surface area contributed by atoms with E-state index in [9.17, 15) is 14.4 Å². The first-order valence-corrected chi connectivity index (χ1v) is 11.2. The van der Waals surface area contributed by atoms with Crippen molar-refractivity contribution in [3.8, 4) is 0 Å². The number of anilines is 2. The van der Waals surface area contributed by atoms with E-state index in [0.717, 1.165) is 12.1 Å². The molecule has 6 heteroatoms. The minimum atomic E-state index is -0.410. The quantitative estimate of drug-likeness (QED) is 0.671. The fraction of sp³-hybridized carbons (Fsp3) is 0.222. The summed E-state index contributed by atoms with van der Waals surface area (Å²) in [7, 11) is 0. The molecule has 0 aromatic heterocycles. The Balaban J connectivity index is 1.20. The van der Waals surface area contributed by atoms with Gasteiger partial charge in [0.15, 0.2) is 0 Å². The highest BCUT2D eigenvalue weighted by atomic mass is 16.2. The van der Waals surface area contributed by atoms with Gasteiger partial charge in [-0.15, -0.1) is 0 Å². The number of benzene rings is 3. The summed E-state index contributed by atoms with van der Waals surface area (Å²) >= 11 is 0. The van der Waals surface area contributed by atoms with Gasteiger partial charge in [-0.2, -0.15) is 0 Å². The van der Waals surface area contributed by atoms with Crippen LogP contribution < -0.4 is 10.2 Å². The van der Waals surface area contributed by atoms with E-state index in [1.165, 1.54) is 11.1 Å². The topological polar surface area (TPSA) is 69.7 Å². The maximum Gasteiger partial charge on any atom is 0.254 e. The number of rotatable bonds is 4. The van der Waals surface area contributed by atoms with Crippen LogP contribution in [0.25, 0.3) is 0 Å². The lowest BCUT2D eigenvalue weighted by Crippen LogP contribution is -2.35. The maximum absolute atomic E-state index is 13.0. The molecule has 2 heterocycles. The van der Waals surface area contributed by atoms with Gasteiger partial charge in [-0.1, -0.05) is 42.5 Å². The molecular weight excluding hydrogens is 414 g/mol. The Labute approximate surface area is 192 Å². The van der Waals surface area contributed by atoms with E-state index < -0.39 is 5.92 Å². The molecule has 2 aliphatic rings. The summed E-state index contributed by atoms with van der Waals surface area (Å²) in [6, 6.07) is 24.6. The molecule has 33 heavy (non-hydrogen) atoms. The monoisotopic (exact) mass is 439 g/mol. The van der Waals surface area contributed by atoms with Crippen molar-refractivity contribution in [1.82, 2.24) is 4.90 Å². The Morgan fingerprint density at radius 1 is 0.848 bits per heavy atom. The highest BCUT2D eigenvalue weighted by molar-refractivity contribution is 6.03. The Kier molecular flexibility index (Phi) is 5.65. The molecule has 1 unspecified atom stereocenters. The van der Waals surface area contributed by atoms with E-state index in [0.29, 0.717) is 30.9 Å². The molecule has 0 aliphatic carbocycles. The number of carbonyl (C=O) groups is 3. The average Bonchev–Trinajstić information content (AvgIpc) is 3.26. The third kappa shape index (κ3) is 4.37. The van der Waals surface area contributed by atoms with Gasteiger partial charge in [0.1, 0.15) is 0 Å². The number of carbonyl (C=O) groups excluding carboxylic acids is 3. The van der Waals surface area contributed by atoms with Gasteiger partial charge >= 0.3 is 0 Å². The normalized spacial score (nSPS) is 17.6. The number of nitrogens with zero attached hydrogens (tertiary/aromatic N) is 2. The van der Waals surface area contributed by atoms with Gasteiger partial charge < -0.3 is 15.1 Å². The van der Waals surface area contributed by atoms with Crippen LogP contribution in [-0.2, 0) is 22.6 Å². The largest absolute Gasteiger partial charge is 0.334 e. The Morgan fingerprint density at radius 3 is 2.30 bits per heavy atom. The van der Waals surface area contributed by atoms with Crippen molar-refractivity contribution in [3.63, 3.8) is 0 Å². The van der Waals surface area contributed by atoms with Crippen LogP contribution >= 0.6 is 0 Å². The van der Waals surface area contributed by atoms with Gasteiger partial charge in [0.2, 0.25) is 11.8 Å². The molecule has 0 radical (unpaired) electrons. The first kappa shape index (κ1) is 20.9. The molecule has 1 fully saturated rings. The fourth-order valence-corrected chi connectivity index (χ4v) is 4.53. The van der Waals surface area contributed by atoms with Crippen molar-refractivity contribution in [2.45, 2.75) is 19.4 Å². The standard InChI is InChI=1S/C27H25N3O3/c31-25-16-22(18-30(25)24-8-2-1-3-9-24)26(32)28-23-12-10-20(11-13-23)27(33)29-15-14-19-6-4-5-7-21(19)17-29/h1-13,22H,14-18H2,(H,28,32). The van der Waals surface area contributed by atoms with Gasteiger partial charge in [-0.05, 0) is 53.9 Å². The van der Waals surface area contributed by atoms with Gasteiger partial charge in [0, 0.05) is 43.0 Å². The van der Waals surface area contributed by atoms with E-state index in [4.69, 9.17) is 0 Å². The average molecular weight is 440 g/mol. The lowest BCUT2D eigenvalue weighted by atomic mass is 9.99. The molecule has 166 valence electrons. The van der Waals surface area contributed by atoms with E-state index >= 15 is 0 Å². The highest BCUT2D eigenvalue weighted by Gasteiger charge is 2.35. The number of hydrogen-bond acceptors (Lipinski definition) is 3. The molecule has 3 amide bonds. The third-order valence-electron chi connectivity index (χ3n) is 6.38. The zero-order valence-corrected chi connectivity index (χ0v) is 18.2. The maximum atomic E-state index is 13.0. The number of nitrogens with one attached hydrogen (secondary N) is 1. The SMILES string of the molecule is O=C(Nc1ccc(C(=O)N2CCc3ccccc3C2)cc1)C1CC(=O)N(c2ccccc2)C1. The molecule has 1 saturated heterocycles. The van der Waals surface area contributed by atoms with Crippen molar-refractivity contribution in [1.29, 1.82) is 0 Å². The smallest absolute Gasteiger partial charge is 0.254 e. The fourth-order valence-electron chi connectivity index (χ4n) is 4.53. The minimum absolute atomic E-state index is 0.0118. The number of hydrogen-bond donors (Lipinski definition) is 1. The van der Waals surface area contributed by atoms with Crippen LogP contribution in [0.2, 0.25) is 0 Å². The molecule has 0 bridgehead atoms. The van der Waals surface area contributed by atoms with Crippen LogP contribution in [-0.4, -0.2) is 35.7 Å². The van der Waals surface area contributed by atoms with Crippen molar-refractivity contribution < 1.29 is 14.4 Å². The summed E-state index contributed by atoms with van der Waals surface area (Å²) in [5, 5.41) is 2.89. The third-order valence-corrected chi connectivity index (χ3v) is 6.38. The van der Waals surface area contributed by atoms with E-state index in [1.54, 1.807) is 29.2 Å². The van der Waals surface area contributed by atoms with Crippen molar-refractivity contribution >= 4 is 29.1 Å². The molecule has 6 nitrogen and oxygen atoms in total. The number of fused-ring (bicyclic) bond motifs is 1. The van der Waals surface area contributed by atoms with E-state index in [-0.39, 0.29) is 24.1 Å². The molecule has 0 spiro atoms. The summed E-state index contributed by atoms with van der Waals surface area (Å²) in [6.45, 7) is 1.67. The lowest BCUT2D eigenvalue weighted by Gasteiger charge is -2.29. The van der Waals surface area contributed by atoms with Crippen LogP contribution in [0.4, 0.5) is 11.4 Å². The Morgan fingerprint density at radius 2 is 1.55 bits per heavy atom. The first-order valence-electron chi connectivity index (χ1n) is 11.2. The Hall–Kier alpha value is -3.93. The zero-order chi connectivity index (χ0) is 22.8. The molecule has 5 rings (SSSR count). The number of para-hydroxylation sites is 1. The summed E-state index contributed by atoms with van der Waals surface area (Å²) in [5.74, 6) is -0.659. The summed E-state index contributed by atoms with van der Waals surface area (Å²) in [5.41, 5.74) is 4.51. The minimum Gasteiger partial charge on any atom is -0.334 e. The van der Waals surface area contributed by atoms with Gasteiger partial charge in [0.05, 0.1) is 5.92 Å². The lowest BCUT2D eigenvalue weighted by molar-refractivity contribution is -0.122. The second-order valence-electron chi connectivity index (χ2n) is 8.55. The molecule has 3 aromatic carbocycles.